The molecule has 0 bridgehead atoms. The van der Waals surface area contributed by atoms with Crippen LogP contribution in [0.3, 0.4) is 0 Å². The molecule has 1 unspecified atom stereocenters. The lowest BCUT2D eigenvalue weighted by Crippen LogP contribution is -2.47. The number of rotatable bonds is 6. The second-order valence-corrected chi connectivity index (χ2v) is 6.60. The minimum absolute atomic E-state index is 0.418. The lowest BCUT2D eigenvalue weighted by atomic mass is 10.1. The molecule has 1 heterocycles. The van der Waals surface area contributed by atoms with Crippen LogP contribution in [0.2, 0.25) is 0 Å². The quantitative estimate of drug-likeness (QED) is 0.876. The highest BCUT2D eigenvalue weighted by Crippen LogP contribution is 2.22. The first-order chi connectivity index (χ1) is 12.2. The van der Waals surface area contributed by atoms with Gasteiger partial charge in [-0.05, 0) is 41.8 Å². The third-order valence-corrected chi connectivity index (χ3v) is 5.01. The van der Waals surface area contributed by atoms with E-state index >= 15 is 0 Å². The standard InChI is InChI=1S/C21H28N2O2/c1-3-17-4-6-18(7-5-17)21(24)16-22-12-14-23(15-13-22)19-8-10-20(25-2)11-9-19/h4-11,21,24H,3,12-16H2,1-2H3. The van der Waals surface area contributed by atoms with E-state index in [2.05, 4.69) is 53.1 Å². The van der Waals surface area contributed by atoms with Crippen LogP contribution in [-0.4, -0.2) is 49.8 Å². The molecule has 25 heavy (non-hydrogen) atoms. The number of benzene rings is 2. The number of aliphatic hydroxyl groups excluding tert-OH is 1. The fourth-order valence-corrected chi connectivity index (χ4v) is 3.31. The Labute approximate surface area is 150 Å². The summed E-state index contributed by atoms with van der Waals surface area (Å²) in [4.78, 5) is 4.73. The van der Waals surface area contributed by atoms with Gasteiger partial charge in [-0.1, -0.05) is 31.2 Å². The van der Waals surface area contributed by atoms with Gasteiger partial charge in [0.1, 0.15) is 5.75 Å². The third kappa shape index (κ3) is 4.53. The van der Waals surface area contributed by atoms with Crippen LogP contribution in [0.5, 0.6) is 5.75 Å². The molecule has 4 nitrogen and oxygen atoms in total. The number of piperazine rings is 1. The minimum Gasteiger partial charge on any atom is -0.497 e. The van der Waals surface area contributed by atoms with Crippen LogP contribution in [0.1, 0.15) is 24.2 Å². The van der Waals surface area contributed by atoms with Gasteiger partial charge in [-0.3, -0.25) is 4.90 Å². The number of β-amino-alcohol motifs (C(OH)–C–C–N with tert-alkyl or cyclic N) is 1. The van der Waals surface area contributed by atoms with Gasteiger partial charge in [0, 0.05) is 38.4 Å². The first kappa shape index (κ1) is 17.8. The molecule has 0 aromatic heterocycles. The molecule has 1 aliphatic heterocycles. The van der Waals surface area contributed by atoms with Gasteiger partial charge in [0.15, 0.2) is 0 Å². The molecular weight excluding hydrogens is 312 g/mol. The molecule has 0 aliphatic carbocycles. The van der Waals surface area contributed by atoms with Gasteiger partial charge >= 0.3 is 0 Å². The molecule has 2 aromatic carbocycles. The van der Waals surface area contributed by atoms with Crippen molar-refractivity contribution in [1.82, 2.24) is 4.90 Å². The maximum absolute atomic E-state index is 10.5. The Hall–Kier alpha value is -2.04. The smallest absolute Gasteiger partial charge is 0.119 e. The van der Waals surface area contributed by atoms with Gasteiger partial charge in [-0.25, -0.2) is 0 Å². The predicted molar refractivity (Wildman–Crippen MR) is 102 cm³/mol. The Bertz CT molecular complexity index is 647. The molecule has 3 rings (SSSR count). The van der Waals surface area contributed by atoms with E-state index in [4.69, 9.17) is 4.74 Å². The maximum atomic E-state index is 10.5. The average Bonchev–Trinajstić information content (AvgIpc) is 2.68. The molecule has 0 spiro atoms. The first-order valence-electron chi connectivity index (χ1n) is 9.08. The van der Waals surface area contributed by atoms with Crippen molar-refractivity contribution in [3.05, 3.63) is 59.7 Å². The van der Waals surface area contributed by atoms with Gasteiger partial charge in [0.25, 0.3) is 0 Å². The molecule has 1 atom stereocenters. The van der Waals surface area contributed by atoms with Crippen molar-refractivity contribution in [3.8, 4) is 5.75 Å². The fraction of sp³-hybridized carbons (Fsp3) is 0.429. The zero-order valence-corrected chi connectivity index (χ0v) is 15.2. The molecular formula is C21H28N2O2. The minimum atomic E-state index is -0.418. The summed E-state index contributed by atoms with van der Waals surface area (Å²) < 4.78 is 5.22. The predicted octanol–water partition coefficient (Wildman–Crippen LogP) is 3.11. The van der Waals surface area contributed by atoms with E-state index in [-0.39, 0.29) is 0 Å². The van der Waals surface area contributed by atoms with Crippen molar-refractivity contribution < 1.29 is 9.84 Å². The average molecular weight is 340 g/mol. The largest absolute Gasteiger partial charge is 0.497 e. The van der Waals surface area contributed by atoms with Crippen LogP contribution in [0.25, 0.3) is 0 Å². The fourth-order valence-electron chi connectivity index (χ4n) is 3.31. The van der Waals surface area contributed by atoms with Crippen LogP contribution in [0.15, 0.2) is 48.5 Å². The SMILES string of the molecule is CCc1ccc(C(O)CN2CCN(c3ccc(OC)cc3)CC2)cc1. The van der Waals surface area contributed by atoms with Crippen molar-refractivity contribution >= 4 is 5.69 Å². The van der Waals surface area contributed by atoms with Gasteiger partial charge in [0.05, 0.1) is 13.2 Å². The summed E-state index contributed by atoms with van der Waals surface area (Å²) in [6.07, 6.45) is 0.613. The van der Waals surface area contributed by atoms with E-state index in [1.807, 2.05) is 12.1 Å². The van der Waals surface area contributed by atoms with Gasteiger partial charge < -0.3 is 14.7 Å². The Kier molecular flexibility index (Phi) is 5.95. The van der Waals surface area contributed by atoms with Crippen LogP contribution >= 0.6 is 0 Å². The third-order valence-electron chi connectivity index (χ3n) is 5.01. The van der Waals surface area contributed by atoms with Gasteiger partial charge in [-0.15, -0.1) is 0 Å². The van der Waals surface area contributed by atoms with E-state index in [0.29, 0.717) is 6.54 Å². The van der Waals surface area contributed by atoms with Crippen LogP contribution in [0.4, 0.5) is 5.69 Å². The molecule has 1 N–H and O–H groups in total. The number of methoxy groups -OCH3 is 1. The van der Waals surface area contributed by atoms with Gasteiger partial charge in [-0.2, -0.15) is 0 Å². The Morgan fingerprint density at radius 2 is 1.60 bits per heavy atom. The maximum Gasteiger partial charge on any atom is 0.119 e. The van der Waals surface area contributed by atoms with E-state index < -0.39 is 6.10 Å². The van der Waals surface area contributed by atoms with E-state index in [9.17, 15) is 5.11 Å². The van der Waals surface area contributed by atoms with Crippen LogP contribution < -0.4 is 9.64 Å². The lowest BCUT2D eigenvalue weighted by molar-refractivity contribution is 0.109. The second kappa shape index (κ2) is 8.37. The highest BCUT2D eigenvalue weighted by atomic mass is 16.5. The summed E-state index contributed by atoms with van der Waals surface area (Å²) in [5.74, 6) is 0.889. The summed E-state index contributed by atoms with van der Waals surface area (Å²) in [5, 5.41) is 10.5. The van der Waals surface area contributed by atoms with Crippen molar-refractivity contribution in [1.29, 1.82) is 0 Å². The van der Waals surface area contributed by atoms with E-state index in [0.717, 1.165) is 43.9 Å². The van der Waals surface area contributed by atoms with Crippen molar-refractivity contribution in [2.75, 3.05) is 44.7 Å². The number of aryl methyl sites for hydroxylation is 1. The first-order valence-corrected chi connectivity index (χ1v) is 9.08. The summed E-state index contributed by atoms with van der Waals surface area (Å²) in [6.45, 7) is 6.74. The number of hydrogen-bond donors (Lipinski definition) is 1. The molecule has 1 saturated heterocycles. The van der Waals surface area contributed by atoms with E-state index in [1.165, 1.54) is 11.3 Å². The molecule has 0 saturated carbocycles. The Morgan fingerprint density at radius 1 is 0.960 bits per heavy atom. The summed E-state index contributed by atoms with van der Waals surface area (Å²) in [5.41, 5.74) is 3.55. The Morgan fingerprint density at radius 3 is 2.16 bits per heavy atom. The highest BCUT2D eigenvalue weighted by Gasteiger charge is 2.20. The Balaban J connectivity index is 1.51. The zero-order valence-electron chi connectivity index (χ0n) is 15.2. The second-order valence-electron chi connectivity index (χ2n) is 6.60. The molecule has 134 valence electrons. The molecule has 0 radical (unpaired) electrons. The molecule has 2 aromatic rings. The normalized spacial score (nSPS) is 16.7. The molecule has 1 aliphatic rings. The number of anilines is 1. The van der Waals surface area contributed by atoms with Crippen molar-refractivity contribution in [3.63, 3.8) is 0 Å². The number of hydrogen-bond acceptors (Lipinski definition) is 4. The number of nitrogens with zero attached hydrogens (tertiary/aromatic N) is 2. The van der Waals surface area contributed by atoms with Crippen molar-refractivity contribution in [2.24, 2.45) is 0 Å². The summed E-state index contributed by atoms with van der Waals surface area (Å²) in [6, 6.07) is 16.6. The number of aliphatic hydroxyl groups is 1. The van der Waals surface area contributed by atoms with Crippen molar-refractivity contribution in [2.45, 2.75) is 19.4 Å². The van der Waals surface area contributed by atoms with Crippen LogP contribution in [0, 0.1) is 0 Å². The molecule has 0 amide bonds. The van der Waals surface area contributed by atoms with E-state index in [1.54, 1.807) is 7.11 Å². The summed E-state index contributed by atoms with van der Waals surface area (Å²) >= 11 is 0. The molecule has 1 fully saturated rings. The van der Waals surface area contributed by atoms with Gasteiger partial charge in [0.2, 0.25) is 0 Å². The van der Waals surface area contributed by atoms with Crippen LogP contribution in [-0.2, 0) is 6.42 Å². The number of ether oxygens (including phenoxy) is 1. The topological polar surface area (TPSA) is 35.9 Å². The zero-order chi connectivity index (χ0) is 17.6. The lowest BCUT2D eigenvalue weighted by Gasteiger charge is -2.37. The highest BCUT2D eigenvalue weighted by molar-refractivity contribution is 5.49. The monoisotopic (exact) mass is 340 g/mol. The molecule has 4 heteroatoms. The summed E-state index contributed by atoms with van der Waals surface area (Å²) in [7, 11) is 1.69.